The van der Waals surface area contributed by atoms with Crippen molar-refractivity contribution in [3.63, 3.8) is 0 Å². The largest absolute Gasteiger partial charge is 0.437 e. The van der Waals surface area contributed by atoms with Gasteiger partial charge in [-0.3, -0.25) is 9.52 Å². The smallest absolute Gasteiger partial charge is 0.255 e. The van der Waals surface area contributed by atoms with E-state index in [0.29, 0.717) is 22.9 Å². The number of aryl methyl sites for hydroxylation is 2. The second kappa shape index (κ2) is 11.0. The van der Waals surface area contributed by atoms with Crippen LogP contribution in [0.5, 0.6) is 11.6 Å². The first-order chi connectivity index (χ1) is 19.1. The lowest BCUT2D eigenvalue weighted by Crippen LogP contribution is -2.39. The number of piperidine rings is 1. The Morgan fingerprint density at radius 3 is 2.33 bits per heavy atom. The van der Waals surface area contributed by atoms with E-state index < -0.39 is 15.9 Å². The van der Waals surface area contributed by atoms with Gasteiger partial charge in [-0.1, -0.05) is 0 Å². The molecule has 0 atom stereocenters. The van der Waals surface area contributed by atoms with Crippen molar-refractivity contribution in [1.29, 1.82) is 5.26 Å². The van der Waals surface area contributed by atoms with E-state index in [2.05, 4.69) is 31.0 Å². The van der Waals surface area contributed by atoms with E-state index in [-0.39, 0.29) is 22.7 Å². The number of rotatable bonds is 9. The molecule has 2 aromatic carbocycles. The first kappa shape index (κ1) is 27.2. The summed E-state index contributed by atoms with van der Waals surface area (Å²) in [6, 6.07) is 13.1. The van der Waals surface area contributed by atoms with Crippen LogP contribution < -0.4 is 25.4 Å². The molecule has 0 unspecified atom stereocenters. The molecule has 208 valence electrons. The van der Waals surface area contributed by atoms with Gasteiger partial charge in [0.2, 0.25) is 21.9 Å². The van der Waals surface area contributed by atoms with E-state index in [4.69, 9.17) is 10.5 Å². The monoisotopic (exact) mass is 561 g/mol. The number of amides is 1. The topological polar surface area (TPSA) is 163 Å². The average molecular weight is 562 g/mol. The van der Waals surface area contributed by atoms with Crippen LogP contribution >= 0.6 is 0 Å². The molecule has 5 rings (SSSR count). The maximum Gasteiger partial charge on any atom is 0.255 e. The summed E-state index contributed by atoms with van der Waals surface area (Å²) in [5.41, 5.74) is 9.20. The van der Waals surface area contributed by atoms with E-state index in [1.54, 1.807) is 24.3 Å². The third kappa shape index (κ3) is 6.10. The predicted molar refractivity (Wildman–Crippen MR) is 152 cm³/mol. The fraction of sp³-hybridized carbons (Fsp3) is 0.357. The van der Waals surface area contributed by atoms with Gasteiger partial charge in [-0.15, -0.1) is 0 Å². The number of hydrogen-bond acceptors (Lipinski definition) is 9. The number of carbonyl (C=O) groups is 1. The molecule has 2 heterocycles. The Kier molecular flexibility index (Phi) is 7.49. The summed E-state index contributed by atoms with van der Waals surface area (Å²) in [7, 11) is -3.28. The fourth-order valence-corrected chi connectivity index (χ4v) is 6.17. The molecule has 12 heteroatoms. The highest BCUT2D eigenvalue weighted by Crippen LogP contribution is 2.32. The van der Waals surface area contributed by atoms with Gasteiger partial charge in [0.05, 0.1) is 16.9 Å². The second-order valence-electron chi connectivity index (χ2n) is 10.2. The quantitative estimate of drug-likeness (QED) is 0.352. The summed E-state index contributed by atoms with van der Waals surface area (Å²) in [5, 5.41) is 12.3. The van der Waals surface area contributed by atoms with E-state index in [1.807, 2.05) is 26.0 Å². The van der Waals surface area contributed by atoms with Gasteiger partial charge in [-0.25, -0.2) is 13.4 Å². The van der Waals surface area contributed by atoms with Crippen molar-refractivity contribution in [2.75, 3.05) is 28.0 Å². The lowest BCUT2D eigenvalue weighted by atomic mass is 10.0. The number of aromatic nitrogens is 2. The highest BCUT2D eigenvalue weighted by molar-refractivity contribution is 7.93. The molecule has 2 aliphatic rings. The van der Waals surface area contributed by atoms with Gasteiger partial charge in [-0.05, 0) is 87.1 Å². The van der Waals surface area contributed by atoms with Gasteiger partial charge >= 0.3 is 0 Å². The number of nitrogens with zero attached hydrogens (tertiary/aromatic N) is 4. The van der Waals surface area contributed by atoms with Gasteiger partial charge in [0.1, 0.15) is 11.3 Å². The van der Waals surface area contributed by atoms with Crippen molar-refractivity contribution in [1.82, 2.24) is 9.97 Å². The molecule has 0 spiro atoms. The molecule has 1 aliphatic heterocycles. The zero-order valence-electron chi connectivity index (χ0n) is 22.3. The summed E-state index contributed by atoms with van der Waals surface area (Å²) in [6.45, 7) is 5.22. The number of hydrogen-bond donors (Lipinski definition) is 3. The zero-order valence-corrected chi connectivity index (χ0v) is 23.2. The van der Waals surface area contributed by atoms with Gasteiger partial charge in [0, 0.05) is 36.7 Å². The molecule has 2 fully saturated rings. The lowest BCUT2D eigenvalue weighted by Gasteiger charge is -2.34. The number of nitriles is 1. The number of anilines is 3. The SMILES string of the molecule is Cc1cc(C#N)cc(C)c1Oc1nc(NC2CCN(c3ccc(NS(=O)(=O)C4CC4)cc3)CC2)ncc1C(N)=O. The van der Waals surface area contributed by atoms with Crippen LogP contribution in [0.25, 0.3) is 0 Å². The molecule has 3 aromatic rings. The summed E-state index contributed by atoms with van der Waals surface area (Å²) < 4.78 is 33.1. The van der Waals surface area contributed by atoms with Gasteiger partial charge in [-0.2, -0.15) is 10.2 Å². The Hall–Kier alpha value is -4.37. The highest BCUT2D eigenvalue weighted by atomic mass is 32.2. The predicted octanol–water partition coefficient (Wildman–Crippen LogP) is 3.84. The number of benzene rings is 2. The minimum atomic E-state index is -3.28. The van der Waals surface area contributed by atoms with Crippen LogP contribution in [-0.4, -0.2) is 48.7 Å². The number of nitrogens with one attached hydrogen (secondary N) is 2. The van der Waals surface area contributed by atoms with Crippen LogP contribution in [-0.2, 0) is 10.0 Å². The van der Waals surface area contributed by atoms with Crippen molar-refractivity contribution < 1.29 is 17.9 Å². The van der Waals surface area contributed by atoms with Gasteiger partial charge < -0.3 is 20.7 Å². The van der Waals surface area contributed by atoms with E-state index in [1.165, 1.54) is 6.20 Å². The van der Waals surface area contributed by atoms with Crippen molar-refractivity contribution in [2.45, 2.75) is 50.8 Å². The molecule has 4 N–H and O–H groups in total. The first-order valence-electron chi connectivity index (χ1n) is 13.1. The van der Waals surface area contributed by atoms with Crippen molar-refractivity contribution in [2.24, 2.45) is 5.73 Å². The second-order valence-corrected chi connectivity index (χ2v) is 12.2. The van der Waals surface area contributed by atoms with Gasteiger partial charge in [0.25, 0.3) is 5.91 Å². The maximum atomic E-state index is 12.2. The van der Waals surface area contributed by atoms with Crippen LogP contribution in [0.15, 0.2) is 42.6 Å². The van der Waals surface area contributed by atoms with Crippen LogP contribution in [0.1, 0.15) is 52.7 Å². The van der Waals surface area contributed by atoms with Crippen LogP contribution in [0.2, 0.25) is 0 Å². The Balaban J connectivity index is 1.23. The lowest BCUT2D eigenvalue weighted by molar-refractivity contribution is 0.0997. The van der Waals surface area contributed by atoms with Crippen molar-refractivity contribution in [3.05, 3.63) is 64.8 Å². The summed E-state index contributed by atoms with van der Waals surface area (Å²) in [5.74, 6) is 0.182. The Morgan fingerprint density at radius 1 is 1.10 bits per heavy atom. The third-order valence-corrected chi connectivity index (χ3v) is 8.96. The fourth-order valence-electron chi connectivity index (χ4n) is 4.79. The molecule has 1 amide bonds. The maximum absolute atomic E-state index is 12.2. The normalized spacial score (nSPS) is 15.8. The van der Waals surface area contributed by atoms with Gasteiger partial charge in [0.15, 0.2) is 0 Å². The molecule has 1 aromatic heterocycles. The Morgan fingerprint density at radius 2 is 1.75 bits per heavy atom. The van der Waals surface area contributed by atoms with Crippen LogP contribution in [0.3, 0.4) is 0 Å². The number of ether oxygens (including phenoxy) is 1. The Labute approximate surface area is 233 Å². The standard InChI is InChI=1S/C28H31N7O4S/c1-17-13-19(15-29)14-18(2)25(17)39-27-24(26(30)36)16-31-28(33-27)32-20-9-11-35(12-10-20)22-5-3-21(4-6-22)34-40(37,38)23-7-8-23/h3-6,13-14,16,20,23,34H,7-12H2,1-2H3,(H2,30,36)(H,31,32,33). The third-order valence-electron chi connectivity index (χ3n) is 7.09. The molecular weight excluding hydrogens is 530 g/mol. The number of carbonyl (C=O) groups excluding carboxylic acids is 1. The molecular formula is C28H31N7O4S. The number of nitrogens with two attached hydrogens (primary N) is 1. The summed E-state index contributed by atoms with van der Waals surface area (Å²) >= 11 is 0. The summed E-state index contributed by atoms with van der Waals surface area (Å²) in [6.07, 6.45) is 4.45. The molecule has 0 bridgehead atoms. The Bertz CT molecular complexity index is 1550. The molecule has 11 nitrogen and oxygen atoms in total. The molecule has 1 saturated heterocycles. The average Bonchev–Trinajstić information content (AvgIpc) is 3.78. The minimum absolute atomic E-state index is 0.0516. The molecule has 40 heavy (non-hydrogen) atoms. The summed E-state index contributed by atoms with van der Waals surface area (Å²) in [4.78, 5) is 23.0. The van der Waals surface area contributed by atoms with E-state index in [0.717, 1.165) is 55.6 Å². The van der Waals surface area contributed by atoms with Crippen LogP contribution in [0, 0.1) is 25.2 Å². The first-order valence-corrected chi connectivity index (χ1v) is 14.7. The molecule has 0 radical (unpaired) electrons. The van der Waals surface area contributed by atoms with Crippen molar-refractivity contribution >= 4 is 33.3 Å². The number of sulfonamides is 1. The number of primary amides is 1. The zero-order chi connectivity index (χ0) is 28.4. The van der Waals surface area contributed by atoms with E-state index in [9.17, 15) is 18.5 Å². The van der Waals surface area contributed by atoms with E-state index >= 15 is 0 Å². The highest BCUT2D eigenvalue weighted by Gasteiger charge is 2.35. The molecule has 1 aliphatic carbocycles. The van der Waals surface area contributed by atoms with Crippen LogP contribution in [0.4, 0.5) is 17.3 Å². The minimum Gasteiger partial charge on any atom is -0.437 e. The molecule has 1 saturated carbocycles. The van der Waals surface area contributed by atoms with Crippen molar-refractivity contribution in [3.8, 4) is 17.7 Å².